The zero-order chi connectivity index (χ0) is 17.8. The summed E-state index contributed by atoms with van der Waals surface area (Å²) in [6, 6.07) is 15.2. The number of urea groups is 1. The molecule has 2 aromatic carbocycles. The number of hydrogen-bond donors (Lipinski definition) is 1. The van der Waals surface area contributed by atoms with E-state index in [4.69, 9.17) is 23.2 Å². The Balaban J connectivity index is 1.55. The number of para-hydroxylation sites is 1. The second kappa shape index (κ2) is 7.98. The Morgan fingerprint density at radius 2 is 1.64 bits per heavy atom. The van der Waals surface area contributed by atoms with Crippen LogP contribution in [0.15, 0.2) is 48.5 Å². The summed E-state index contributed by atoms with van der Waals surface area (Å²) in [5, 5.41) is 4.49. The molecule has 6 heteroatoms. The minimum Gasteiger partial charge on any atom is -0.367 e. The van der Waals surface area contributed by atoms with Crippen molar-refractivity contribution in [1.29, 1.82) is 0 Å². The van der Waals surface area contributed by atoms with Gasteiger partial charge in [0.25, 0.3) is 0 Å². The number of anilines is 1. The van der Waals surface area contributed by atoms with Crippen LogP contribution in [0.25, 0.3) is 0 Å². The van der Waals surface area contributed by atoms with Gasteiger partial charge in [-0.3, -0.25) is 0 Å². The predicted octanol–water partition coefficient (Wildman–Crippen LogP) is 4.59. The fraction of sp³-hybridized carbons (Fsp3) is 0.316. The van der Waals surface area contributed by atoms with E-state index in [1.807, 2.05) is 60.4 Å². The summed E-state index contributed by atoms with van der Waals surface area (Å²) in [4.78, 5) is 16.6. The third-order valence-corrected chi connectivity index (χ3v) is 5.04. The average molecular weight is 378 g/mol. The lowest BCUT2D eigenvalue weighted by Crippen LogP contribution is -2.52. The first-order valence-corrected chi connectivity index (χ1v) is 9.10. The zero-order valence-electron chi connectivity index (χ0n) is 14.1. The molecule has 1 aliphatic rings. The predicted molar refractivity (Wildman–Crippen MR) is 104 cm³/mol. The molecule has 2 aromatic rings. The van der Waals surface area contributed by atoms with Crippen LogP contribution in [-0.4, -0.2) is 37.1 Å². The van der Waals surface area contributed by atoms with Gasteiger partial charge >= 0.3 is 6.03 Å². The molecule has 1 atom stereocenters. The summed E-state index contributed by atoms with van der Waals surface area (Å²) < 4.78 is 0. The van der Waals surface area contributed by atoms with Gasteiger partial charge in [0, 0.05) is 31.2 Å². The molecule has 2 amide bonds. The summed E-state index contributed by atoms with van der Waals surface area (Å²) in [7, 11) is 0. The van der Waals surface area contributed by atoms with Gasteiger partial charge in [0.1, 0.15) is 0 Å². The third-order valence-electron chi connectivity index (χ3n) is 4.47. The van der Waals surface area contributed by atoms with Gasteiger partial charge in [0.05, 0.1) is 16.8 Å². The molecule has 132 valence electrons. The van der Waals surface area contributed by atoms with Crippen molar-refractivity contribution in [3.63, 3.8) is 0 Å². The molecule has 25 heavy (non-hydrogen) atoms. The van der Waals surface area contributed by atoms with E-state index in [0.717, 1.165) is 29.4 Å². The van der Waals surface area contributed by atoms with Crippen molar-refractivity contribution in [2.45, 2.75) is 13.0 Å². The maximum Gasteiger partial charge on any atom is 0.317 e. The number of nitrogens with zero attached hydrogens (tertiary/aromatic N) is 2. The van der Waals surface area contributed by atoms with Gasteiger partial charge in [-0.1, -0.05) is 47.5 Å². The van der Waals surface area contributed by atoms with Gasteiger partial charge < -0.3 is 15.1 Å². The van der Waals surface area contributed by atoms with Crippen LogP contribution in [0.4, 0.5) is 10.5 Å². The number of carbonyl (C=O) groups excluding carboxylic acids is 1. The topological polar surface area (TPSA) is 35.6 Å². The van der Waals surface area contributed by atoms with Gasteiger partial charge in [-0.25, -0.2) is 4.79 Å². The van der Waals surface area contributed by atoms with Crippen LogP contribution in [0.5, 0.6) is 0 Å². The van der Waals surface area contributed by atoms with Gasteiger partial charge in [-0.05, 0) is 36.8 Å². The number of carbonyl (C=O) groups is 1. The van der Waals surface area contributed by atoms with E-state index in [1.54, 1.807) is 0 Å². The van der Waals surface area contributed by atoms with Crippen LogP contribution in [0.1, 0.15) is 18.5 Å². The van der Waals surface area contributed by atoms with Gasteiger partial charge in [-0.15, -0.1) is 0 Å². The second-order valence-corrected chi connectivity index (χ2v) is 6.99. The molecule has 1 heterocycles. The molecule has 0 spiro atoms. The Hall–Kier alpha value is -1.91. The molecule has 1 N–H and O–H groups in total. The number of piperazine rings is 1. The van der Waals surface area contributed by atoms with E-state index >= 15 is 0 Å². The van der Waals surface area contributed by atoms with E-state index in [1.165, 1.54) is 0 Å². The monoisotopic (exact) mass is 377 g/mol. The summed E-state index contributed by atoms with van der Waals surface area (Å²) in [5.74, 6) is 0. The largest absolute Gasteiger partial charge is 0.367 e. The lowest BCUT2D eigenvalue weighted by Gasteiger charge is -2.37. The lowest BCUT2D eigenvalue weighted by molar-refractivity contribution is 0.191. The maximum absolute atomic E-state index is 12.5. The molecular formula is C19H21Cl2N3O. The highest BCUT2D eigenvalue weighted by atomic mass is 35.5. The van der Waals surface area contributed by atoms with Crippen molar-refractivity contribution in [3.05, 3.63) is 64.1 Å². The van der Waals surface area contributed by atoms with E-state index < -0.39 is 0 Å². The molecule has 0 radical (unpaired) electrons. The summed E-state index contributed by atoms with van der Waals surface area (Å²) in [6.45, 7) is 4.86. The number of nitrogens with one attached hydrogen (secondary N) is 1. The van der Waals surface area contributed by atoms with Gasteiger partial charge in [-0.2, -0.15) is 0 Å². The Morgan fingerprint density at radius 1 is 1.00 bits per heavy atom. The number of hydrogen-bond acceptors (Lipinski definition) is 2. The second-order valence-electron chi connectivity index (χ2n) is 6.15. The first kappa shape index (κ1) is 17.9. The summed E-state index contributed by atoms with van der Waals surface area (Å²) in [5.41, 5.74) is 2.06. The van der Waals surface area contributed by atoms with Gasteiger partial charge in [0.2, 0.25) is 0 Å². The number of rotatable bonds is 3. The highest BCUT2D eigenvalue weighted by molar-refractivity contribution is 6.33. The Bertz CT molecular complexity index is 728. The molecule has 0 bridgehead atoms. The van der Waals surface area contributed by atoms with E-state index in [9.17, 15) is 4.79 Å². The van der Waals surface area contributed by atoms with Crippen LogP contribution in [-0.2, 0) is 0 Å². The molecule has 0 saturated carbocycles. The summed E-state index contributed by atoms with van der Waals surface area (Å²) >= 11 is 12.2. The van der Waals surface area contributed by atoms with Crippen LogP contribution < -0.4 is 10.2 Å². The average Bonchev–Trinajstić information content (AvgIpc) is 2.63. The van der Waals surface area contributed by atoms with Crippen LogP contribution in [0.3, 0.4) is 0 Å². The van der Waals surface area contributed by atoms with Crippen molar-refractivity contribution in [2.24, 2.45) is 0 Å². The van der Waals surface area contributed by atoms with Gasteiger partial charge in [0.15, 0.2) is 0 Å². The van der Waals surface area contributed by atoms with E-state index in [-0.39, 0.29) is 12.1 Å². The quantitative estimate of drug-likeness (QED) is 0.848. The molecule has 1 saturated heterocycles. The lowest BCUT2D eigenvalue weighted by atomic mass is 10.1. The SMILES string of the molecule is CC(NC(=O)N1CCN(c2ccccc2Cl)CC1)c1ccc(Cl)cc1. The Kier molecular flexibility index (Phi) is 5.71. The van der Waals surface area contributed by atoms with Crippen molar-refractivity contribution in [3.8, 4) is 0 Å². The Labute approximate surface area is 158 Å². The molecule has 4 nitrogen and oxygen atoms in total. The fourth-order valence-electron chi connectivity index (χ4n) is 2.97. The molecule has 1 unspecified atom stereocenters. The van der Waals surface area contributed by atoms with Crippen molar-refractivity contribution < 1.29 is 4.79 Å². The fourth-order valence-corrected chi connectivity index (χ4v) is 3.35. The first-order chi connectivity index (χ1) is 12.0. The van der Waals surface area contributed by atoms with Crippen LogP contribution >= 0.6 is 23.2 Å². The molecule has 1 fully saturated rings. The normalized spacial score (nSPS) is 15.8. The van der Waals surface area contributed by atoms with Crippen LogP contribution in [0.2, 0.25) is 10.0 Å². The Morgan fingerprint density at radius 3 is 2.28 bits per heavy atom. The van der Waals surface area contributed by atoms with Crippen molar-refractivity contribution in [2.75, 3.05) is 31.1 Å². The smallest absolute Gasteiger partial charge is 0.317 e. The minimum atomic E-state index is -0.0636. The molecular weight excluding hydrogens is 357 g/mol. The maximum atomic E-state index is 12.5. The molecule has 0 aromatic heterocycles. The highest BCUT2D eigenvalue weighted by Crippen LogP contribution is 2.26. The standard InChI is InChI=1S/C19H21Cl2N3O/c1-14(15-6-8-16(20)9-7-15)22-19(25)24-12-10-23(11-13-24)18-5-3-2-4-17(18)21/h2-9,14H,10-13H2,1H3,(H,22,25). The highest BCUT2D eigenvalue weighted by Gasteiger charge is 2.23. The third kappa shape index (κ3) is 4.39. The molecule has 3 rings (SSSR count). The number of amides is 2. The summed E-state index contributed by atoms with van der Waals surface area (Å²) in [6.07, 6.45) is 0. The zero-order valence-corrected chi connectivity index (χ0v) is 15.6. The minimum absolute atomic E-state index is 0.0405. The van der Waals surface area contributed by atoms with E-state index in [2.05, 4.69) is 10.2 Å². The van der Waals surface area contributed by atoms with Crippen molar-refractivity contribution in [1.82, 2.24) is 10.2 Å². The van der Waals surface area contributed by atoms with E-state index in [0.29, 0.717) is 18.1 Å². The molecule has 1 aliphatic heterocycles. The van der Waals surface area contributed by atoms with Crippen LogP contribution in [0, 0.1) is 0 Å². The molecule has 0 aliphatic carbocycles. The number of halogens is 2. The first-order valence-electron chi connectivity index (χ1n) is 8.35. The van der Waals surface area contributed by atoms with Crippen molar-refractivity contribution >= 4 is 34.9 Å². The number of benzene rings is 2.